The summed E-state index contributed by atoms with van der Waals surface area (Å²) in [5.41, 5.74) is 5.02. The molecule has 0 unspecified atom stereocenters. The summed E-state index contributed by atoms with van der Waals surface area (Å²) in [7, 11) is 0. The van der Waals surface area contributed by atoms with Crippen LogP contribution in [0.15, 0.2) is 60.9 Å². The molecule has 170 valence electrons. The summed E-state index contributed by atoms with van der Waals surface area (Å²) in [6.45, 7) is 4.70. The van der Waals surface area contributed by atoms with Crippen LogP contribution in [0.2, 0.25) is 0 Å². The molecule has 2 aromatic heterocycles. The zero-order valence-corrected chi connectivity index (χ0v) is 19.0. The number of nitrogens with zero attached hydrogens (tertiary/aromatic N) is 1. The number of H-pyrrole nitrogens is 2. The second kappa shape index (κ2) is 8.99. The van der Waals surface area contributed by atoms with Crippen LogP contribution in [0.5, 0.6) is 11.5 Å². The Kier molecular flexibility index (Phi) is 5.56. The summed E-state index contributed by atoms with van der Waals surface area (Å²) in [6, 6.07) is 14.6. The minimum atomic E-state index is 0.738. The van der Waals surface area contributed by atoms with Crippen LogP contribution in [0.1, 0.15) is 31.2 Å². The molecular weight excluding hydrogens is 410 g/mol. The first kappa shape index (κ1) is 20.4. The Bertz CT molecular complexity index is 1280. The van der Waals surface area contributed by atoms with Crippen LogP contribution in [0.3, 0.4) is 0 Å². The maximum Gasteiger partial charge on any atom is 0.129 e. The Morgan fingerprint density at radius 3 is 2.67 bits per heavy atom. The minimum absolute atomic E-state index is 0.738. The predicted octanol–water partition coefficient (Wildman–Crippen LogP) is 6.00. The molecule has 2 N–H and O–H groups in total. The van der Waals surface area contributed by atoms with Gasteiger partial charge in [0.1, 0.15) is 11.5 Å². The molecule has 2 aliphatic rings. The van der Waals surface area contributed by atoms with E-state index in [1.807, 2.05) is 12.3 Å². The van der Waals surface area contributed by atoms with E-state index in [1.54, 1.807) is 0 Å². The van der Waals surface area contributed by atoms with Crippen molar-refractivity contribution in [1.82, 2.24) is 14.9 Å². The fraction of sp³-hybridized carbons (Fsp3) is 0.357. The number of nitrogens with one attached hydrogen (secondary N) is 2. The van der Waals surface area contributed by atoms with E-state index in [-0.39, 0.29) is 0 Å². The number of aromatic amines is 2. The lowest BCUT2D eigenvalue weighted by Gasteiger charge is -2.26. The first-order chi connectivity index (χ1) is 16.3. The van der Waals surface area contributed by atoms with Gasteiger partial charge in [-0.3, -0.25) is 4.90 Å². The SMILES string of the molecule is C1=C(c2c[nH]c3cccc(OCC4CC4)c23)CCN(CCCOc2cccc3[nH]ccc23)C1. The second-order valence-electron chi connectivity index (χ2n) is 9.31. The third-order valence-corrected chi connectivity index (χ3v) is 6.91. The van der Waals surface area contributed by atoms with Crippen LogP contribution in [-0.4, -0.2) is 47.7 Å². The van der Waals surface area contributed by atoms with E-state index in [2.05, 4.69) is 63.5 Å². The van der Waals surface area contributed by atoms with E-state index in [4.69, 9.17) is 9.47 Å². The zero-order chi connectivity index (χ0) is 22.0. The van der Waals surface area contributed by atoms with Gasteiger partial charge >= 0.3 is 0 Å². The van der Waals surface area contributed by atoms with Crippen molar-refractivity contribution < 1.29 is 9.47 Å². The molecule has 5 heteroatoms. The van der Waals surface area contributed by atoms with Gasteiger partial charge in [-0.15, -0.1) is 0 Å². The summed E-state index contributed by atoms with van der Waals surface area (Å²) < 4.78 is 12.3. The molecular formula is C28H31N3O2. The van der Waals surface area contributed by atoms with E-state index < -0.39 is 0 Å². The standard InChI is InChI=1S/C28H31N3O2/c1-4-24-22(10-13-29-24)26(6-1)32-17-3-14-31-15-11-21(12-16-31)23-18-30-25-5-2-7-27(28(23)25)33-19-20-8-9-20/h1-2,4-7,10-11,13,18,20,29-30H,3,8-9,12,14-17,19H2. The molecule has 5 nitrogen and oxygen atoms in total. The van der Waals surface area contributed by atoms with Crippen molar-refractivity contribution in [2.75, 3.05) is 32.8 Å². The van der Waals surface area contributed by atoms with Gasteiger partial charge in [-0.25, -0.2) is 0 Å². The van der Waals surface area contributed by atoms with Crippen molar-refractivity contribution in [3.63, 3.8) is 0 Å². The molecule has 4 aromatic rings. The van der Waals surface area contributed by atoms with Gasteiger partial charge < -0.3 is 19.4 Å². The lowest BCUT2D eigenvalue weighted by Crippen LogP contribution is -2.30. The molecule has 33 heavy (non-hydrogen) atoms. The van der Waals surface area contributed by atoms with E-state index in [9.17, 15) is 0 Å². The lowest BCUT2D eigenvalue weighted by molar-refractivity contribution is 0.250. The monoisotopic (exact) mass is 441 g/mol. The van der Waals surface area contributed by atoms with Crippen molar-refractivity contribution >= 4 is 27.4 Å². The highest BCUT2D eigenvalue weighted by molar-refractivity contribution is 5.97. The van der Waals surface area contributed by atoms with E-state index in [0.29, 0.717) is 0 Å². The van der Waals surface area contributed by atoms with E-state index in [0.717, 1.165) is 79.5 Å². The smallest absolute Gasteiger partial charge is 0.129 e. The van der Waals surface area contributed by atoms with Crippen LogP contribution >= 0.6 is 0 Å². The first-order valence-electron chi connectivity index (χ1n) is 12.2. The molecule has 3 heterocycles. The molecule has 1 aliphatic carbocycles. The quantitative estimate of drug-likeness (QED) is 0.313. The highest BCUT2D eigenvalue weighted by atomic mass is 16.5. The van der Waals surface area contributed by atoms with Gasteiger partial charge in [0.05, 0.1) is 13.2 Å². The van der Waals surface area contributed by atoms with Crippen molar-refractivity contribution in [3.05, 3.63) is 66.5 Å². The first-order valence-corrected chi connectivity index (χ1v) is 12.2. The van der Waals surface area contributed by atoms with Crippen molar-refractivity contribution in [2.45, 2.75) is 25.7 Å². The highest BCUT2D eigenvalue weighted by Gasteiger charge is 2.23. The summed E-state index contributed by atoms with van der Waals surface area (Å²) in [6.07, 6.45) is 11.2. The van der Waals surface area contributed by atoms with E-state index in [1.165, 1.54) is 29.4 Å². The summed E-state index contributed by atoms with van der Waals surface area (Å²) >= 11 is 0. The summed E-state index contributed by atoms with van der Waals surface area (Å²) in [5.74, 6) is 2.74. The summed E-state index contributed by atoms with van der Waals surface area (Å²) in [4.78, 5) is 9.21. The number of hydrogen-bond acceptors (Lipinski definition) is 3. The Balaban J connectivity index is 1.06. The average Bonchev–Trinajstić information content (AvgIpc) is 3.37. The van der Waals surface area contributed by atoms with Gasteiger partial charge in [-0.2, -0.15) is 0 Å². The number of hydrogen-bond donors (Lipinski definition) is 2. The Labute approximate surface area is 194 Å². The topological polar surface area (TPSA) is 53.3 Å². The molecule has 0 spiro atoms. The van der Waals surface area contributed by atoms with Crippen molar-refractivity contribution in [2.24, 2.45) is 5.92 Å². The Morgan fingerprint density at radius 2 is 1.82 bits per heavy atom. The third-order valence-electron chi connectivity index (χ3n) is 6.91. The maximum atomic E-state index is 6.20. The molecule has 0 saturated heterocycles. The zero-order valence-electron chi connectivity index (χ0n) is 19.0. The normalized spacial score (nSPS) is 16.9. The molecule has 0 atom stereocenters. The van der Waals surface area contributed by atoms with Crippen LogP contribution in [0, 0.1) is 5.92 Å². The number of rotatable bonds is 9. The van der Waals surface area contributed by atoms with Crippen LogP contribution in [-0.2, 0) is 0 Å². The fourth-order valence-electron chi connectivity index (χ4n) is 4.83. The number of fused-ring (bicyclic) bond motifs is 2. The predicted molar refractivity (Wildman–Crippen MR) is 134 cm³/mol. The molecule has 2 aromatic carbocycles. The molecule has 0 radical (unpaired) electrons. The largest absolute Gasteiger partial charge is 0.493 e. The third kappa shape index (κ3) is 4.38. The van der Waals surface area contributed by atoms with Crippen LogP contribution < -0.4 is 9.47 Å². The second-order valence-corrected chi connectivity index (χ2v) is 9.31. The van der Waals surface area contributed by atoms with Gasteiger partial charge in [-0.05, 0) is 67.5 Å². The maximum absolute atomic E-state index is 6.20. The van der Waals surface area contributed by atoms with Crippen LogP contribution in [0.25, 0.3) is 27.4 Å². The van der Waals surface area contributed by atoms with Gasteiger partial charge in [0.25, 0.3) is 0 Å². The van der Waals surface area contributed by atoms with Gasteiger partial charge in [0.2, 0.25) is 0 Å². The number of benzene rings is 2. The molecule has 1 saturated carbocycles. The number of aromatic nitrogens is 2. The lowest BCUT2D eigenvalue weighted by atomic mass is 9.98. The highest BCUT2D eigenvalue weighted by Crippen LogP contribution is 2.37. The fourth-order valence-corrected chi connectivity index (χ4v) is 4.83. The van der Waals surface area contributed by atoms with Crippen molar-refractivity contribution in [3.8, 4) is 11.5 Å². The van der Waals surface area contributed by atoms with Gasteiger partial charge in [0, 0.05) is 59.4 Å². The van der Waals surface area contributed by atoms with Gasteiger partial charge in [0.15, 0.2) is 0 Å². The van der Waals surface area contributed by atoms with Crippen molar-refractivity contribution in [1.29, 1.82) is 0 Å². The summed E-state index contributed by atoms with van der Waals surface area (Å²) in [5, 5.41) is 2.40. The van der Waals surface area contributed by atoms with Gasteiger partial charge in [-0.1, -0.05) is 18.2 Å². The molecule has 0 bridgehead atoms. The molecule has 1 fully saturated rings. The van der Waals surface area contributed by atoms with Crippen LogP contribution in [0.4, 0.5) is 0 Å². The number of ether oxygens (including phenoxy) is 2. The molecule has 0 amide bonds. The Hall–Kier alpha value is -3.18. The van der Waals surface area contributed by atoms with E-state index >= 15 is 0 Å². The molecule has 1 aliphatic heterocycles. The molecule has 6 rings (SSSR count). The Morgan fingerprint density at radius 1 is 0.939 bits per heavy atom. The average molecular weight is 442 g/mol. The minimum Gasteiger partial charge on any atom is -0.493 e.